The minimum atomic E-state index is -0.875. The fourth-order valence-electron chi connectivity index (χ4n) is 2.76. The van der Waals surface area contributed by atoms with Gasteiger partial charge in [-0.15, -0.1) is 0 Å². The molecule has 0 aliphatic carbocycles. The first-order chi connectivity index (χ1) is 12.6. The molecule has 26 heavy (non-hydrogen) atoms. The Labute approximate surface area is 152 Å². The summed E-state index contributed by atoms with van der Waals surface area (Å²) in [6, 6.07) is 7.72. The summed E-state index contributed by atoms with van der Waals surface area (Å²) in [7, 11) is 0. The maximum atomic E-state index is 14.1. The van der Waals surface area contributed by atoms with E-state index >= 15 is 0 Å². The van der Waals surface area contributed by atoms with Gasteiger partial charge in [0, 0.05) is 17.9 Å². The minimum absolute atomic E-state index is 0.0276. The van der Waals surface area contributed by atoms with Crippen molar-refractivity contribution in [3.8, 4) is 5.75 Å². The van der Waals surface area contributed by atoms with Crippen LogP contribution in [0, 0.1) is 11.6 Å². The van der Waals surface area contributed by atoms with Crippen molar-refractivity contribution in [2.75, 3.05) is 18.5 Å². The van der Waals surface area contributed by atoms with Crippen LogP contribution in [-0.2, 0) is 4.74 Å². The molecular weight excluding hydrogens is 364 g/mol. The highest BCUT2D eigenvalue weighted by Crippen LogP contribution is 2.31. The molecule has 4 rings (SSSR count). The highest BCUT2D eigenvalue weighted by molar-refractivity contribution is 6.31. The maximum absolute atomic E-state index is 14.1. The van der Waals surface area contributed by atoms with Crippen LogP contribution in [0.1, 0.15) is 6.42 Å². The third kappa shape index (κ3) is 3.27. The molecule has 0 spiro atoms. The molecule has 134 valence electrons. The lowest BCUT2D eigenvalue weighted by atomic mass is 10.2. The molecule has 1 aromatic heterocycles. The molecule has 0 amide bonds. The molecule has 1 saturated heterocycles. The largest absolute Gasteiger partial charge is 0.488 e. The van der Waals surface area contributed by atoms with Gasteiger partial charge in [0.15, 0.2) is 5.82 Å². The predicted octanol–water partition coefficient (Wildman–Crippen LogP) is 4.47. The van der Waals surface area contributed by atoms with Crippen molar-refractivity contribution in [2.45, 2.75) is 12.5 Å². The molecule has 3 aromatic rings. The Balaban J connectivity index is 1.64. The molecule has 8 heteroatoms. The summed E-state index contributed by atoms with van der Waals surface area (Å²) < 4.78 is 38.6. The van der Waals surface area contributed by atoms with Gasteiger partial charge in [-0.3, -0.25) is 0 Å². The number of anilines is 2. The molecule has 1 aliphatic heterocycles. The Bertz CT molecular complexity index is 965. The SMILES string of the molecule is Fc1ccc(Nc2ncnc3cc(O[C@@H]4CCOC4)ccc23)c(F)c1Cl. The molecule has 5 nitrogen and oxygen atoms in total. The van der Waals surface area contributed by atoms with E-state index in [0.29, 0.717) is 35.7 Å². The van der Waals surface area contributed by atoms with Gasteiger partial charge in [-0.25, -0.2) is 18.7 Å². The molecular formula is C18H14ClF2N3O2. The van der Waals surface area contributed by atoms with Crippen LogP contribution in [0.4, 0.5) is 20.3 Å². The average Bonchev–Trinajstić information content (AvgIpc) is 3.15. The van der Waals surface area contributed by atoms with Crippen LogP contribution in [0.5, 0.6) is 5.75 Å². The molecule has 1 aliphatic rings. The number of nitrogens with zero attached hydrogens (tertiary/aromatic N) is 2. The Morgan fingerprint density at radius 3 is 2.88 bits per heavy atom. The maximum Gasteiger partial charge on any atom is 0.168 e. The van der Waals surface area contributed by atoms with Crippen LogP contribution in [0.15, 0.2) is 36.7 Å². The molecule has 1 atom stereocenters. The molecule has 2 aromatic carbocycles. The first-order valence-corrected chi connectivity index (χ1v) is 8.39. The van der Waals surface area contributed by atoms with E-state index in [0.717, 1.165) is 12.5 Å². The van der Waals surface area contributed by atoms with Crippen molar-refractivity contribution in [1.29, 1.82) is 0 Å². The number of ether oxygens (including phenoxy) is 2. The Morgan fingerprint density at radius 2 is 2.08 bits per heavy atom. The van der Waals surface area contributed by atoms with E-state index in [9.17, 15) is 8.78 Å². The Hall–Kier alpha value is -2.51. The monoisotopic (exact) mass is 377 g/mol. The Kier molecular flexibility index (Phi) is 4.57. The number of benzene rings is 2. The zero-order valence-corrected chi connectivity index (χ0v) is 14.3. The second kappa shape index (κ2) is 7.01. The average molecular weight is 378 g/mol. The number of rotatable bonds is 4. The van der Waals surface area contributed by atoms with Gasteiger partial charge in [0.05, 0.1) is 24.4 Å². The van der Waals surface area contributed by atoms with Crippen molar-refractivity contribution in [3.05, 3.63) is 53.3 Å². The van der Waals surface area contributed by atoms with Crippen molar-refractivity contribution in [1.82, 2.24) is 9.97 Å². The lowest BCUT2D eigenvalue weighted by Crippen LogP contribution is -2.15. The summed E-state index contributed by atoms with van der Waals surface area (Å²) >= 11 is 5.62. The molecule has 0 radical (unpaired) electrons. The van der Waals surface area contributed by atoms with Gasteiger partial charge in [-0.05, 0) is 24.3 Å². The van der Waals surface area contributed by atoms with Gasteiger partial charge in [0.2, 0.25) is 0 Å². The number of nitrogens with one attached hydrogen (secondary N) is 1. The fourth-order valence-corrected chi connectivity index (χ4v) is 2.92. The van der Waals surface area contributed by atoms with E-state index < -0.39 is 16.7 Å². The lowest BCUT2D eigenvalue weighted by Gasteiger charge is -2.13. The van der Waals surface area contributed by atoms with Crippen LogP contribution in [0.25, 0.3) is 10.9 Å². The molecule has 1 N–H and O–H groups in total. The highest BCUT2D eigenvalue weighted by Gasteiger charge is 2.18. The van der Waals surface area contributed by atoms with Crippen LogP contribution < -0.4 is 10.1 Å². The number of hydrogen-bond acceptors (Lipinski definition) is 5. The topological polar surface area (TPSA) is 56.3 Å². The summed E-state index contributed by atoms with van der Waals surface area (Å²) in [6.07, 6.45) is 2.23. The van der Waals surface area contributed by atoms with E-state index in [2.05, 4.69) is 15.3 Å². The van der Waals surface area contributed by atoms with E-state index in [1.165, 1.54) is 12.4 Å². The number of hydrogen-bond donors (Lipinski definition) is 1. The zero-order chi connectivity index (χ0) is 18.1. The molecule has 0 saturated carbocycles. The van der Waals surface area contributed by atoms with Crippen LogP contribution in [0.2, 0.25) is 5.02 Å². The number of halogens is 3. The summed E-state index contributed by atoms with van der Waals surface area (Å²) in [5.74, 6) is -0.638. The molecule has 0 bridgehead atoms. The standard InChI is InChI=1S/C18H14ClF2N3O2/c19-16-13(20)3-4-14(17(16)21)24-18-12-2-1-10(7-15(12)22-9-23-18)26-11-5-6-25-8-11/h1-4,7,9,11H,5-6,8H2,(H,22,23,24)/t11-/m1/s1. The summed E-state index contributed by atoms with van der Waals surface area (Å²) in [5, 5.41) is 2.94. The van der Waals surface area contributed by atoms with Crippen LogP contribution in [-0.4, -0.2) is 29.3 Å². The van der Waals surface area contributed by atoms with Gasteiger partial charge in [-0.2, -0.15) is 0 Å². The smallest absolute Gasteiger partial charge is 0.168 e. The molecule has 1 fully saturated rings. The fraction of sp³-hybridized carbons (Fsp3) is 0.222. The third-order valence-electron chi connectivity index (χ3n) is 4.09. The van der Waals surface area contributed by atoms with Crippen molar-refractivity contribution in [2.24, 2.45) is 0 Å². The summed E-state index contributed by atoms with van der Waals surface area (Å²) in [6.45, 7) is 1.26. The number of fused-ring (bicyclic) bond motifs is 1. The summed E-state index contributed by atoms with van der Waals surface area (Å²) in [4.78, 5) is 8.37. The molecule has 2 heterocycles. The molecule has 0 unspecified atom stereocenters. The van der Waals surface area contributed by atoms with Crippen LogP contribution >= 0.6 is 11.6 Å². The highest BCUT2D eigenvalue weighted by atomic mass is 35.5. The number of aromatic nitrogens is 2. The second-order valence-electron chi connectivity index (χ2n) is 5.85. The normalized spacial score (nSPS) is 16.8. The van der Waals surface area contributed by atoms with Gasteiger partial charge in [0.25, 0.3) is 0 Å². The van der Waals surface area contributed by atoms with Gasteiger partial charge in [0.1, 0.15) is 34.8 Å². The minimum Gasteiger partial charge on any atom is -0.488 e. The predicted molar refractivity (Wildman–Crippen MR) is 94.0 cm³/mol. The van der Waals surface area contributed by atoms with Crippen molar-refractivity contribution in [3.63, 3.8) is 0 Å². The quantitative estimate of drug-likeness (QED) is 0.680. The van der Waals surface area contributed by atoms with E-state index in [4.69, 9.17) is 21.1 Å². The van der Waals surface area contributed by atoms with Crippen molar-refractivity contribution >= 4 is 34.0 Å². The first kappa shape index (κ1) is 16.9. The lowest BCUT2D eigenvalue weighted by molar-refractivity contribution is 0.141. The van der Waals surface area contributed by atoms with Gasteiger partial charge < -0.3 is 14.8 Å². The van der Waals surface area contributed by atoms with E-state index in [1.54, 1.807) is 18.2 Å². The van der Waals surface area contributed by atoms with E-state index in [-0.39, 0.29) is 11.8 Å². The Morgan fingerprint density at radius 1 is 1.19 bits per heavy atom. The van der Waals surface area contributed by atoms with E-state index in [1.807, 2.05) is 0 Å². The van der Waals surface area contributed by atoms with Gasteiger partial charge in [-0.1, -0.05) is 11.6 Å². The zero-order valence-electron chi connectivity index (χ0n) is 13.5. The van der Waals surface area contributed by atoms with Gasteiger partial charge >= 0.3 is 0 Å². The third-order valence-corrected chi connectivity index (χ3v) is 4.43. The second-order valence-corrected chi connectivity index (χ2v) is 6.23. The van der Waals surface area contributed by atoms with Crippen molar-refractivity contribution < 1.29 is 18.3 Å². The summed E-state index contributed by atoms with van der Waals surface area (Å²) in [5.41, 5.74) is 0.660. The first-order valence-electron chi connectivity index (χ1n) is 8.01. The van der Waals surface area contributed by atoms with Crippen LogP contribution in [0.3, 0.4) is 0 Å².